The van der Waals surface area contributed by atoms with Crippen molar-refractivity contribution in [2.24, 2.45) is 5.16 Å². The predicted octanol–water partition coefficient (Wildman–Crippen LogP) is -1.49. The number of hydrogen-bond donors (Lipinski definition) is 4. The molecular formula is C19H23N11O6S3. The van der Waals surface area contributed by atoms with Crippen LogP contribution in [-0.2, 0) is 30.6 Å². The third-order valence-electron chi connectivity index (χ3n) is 5.38. The SMILES string of the molecule is CON=C(C(=O)NC1C(=O)N2C(C(=O)O)=C(CSc3nnnn3CCCNC(C)=O)CS[C@@H]12)c1nsc(N)n1. The van der Waals surface area contributed by atoms with Crippen molar-refractivity contribution in [3.8, 4) is 0 Å². The van der Waals surface area contributed by atoms with E-state index in [0.29, 0.717) is 36.0 Å². The van der Waals surface area contributed by atoms with E-state index in [-0.39, 0.29) is 34.0 Å². The lowest BCUT2D eigenvalue weighted by Gasteiger charge is -2.49. The molecule has 2 aromatic rings. The molecule has 0 spiro atoms. The maximum Gasteiger partial charge on any atom is 0.352 e. The highest BCUT2D eigenvalue weighted by Crippen LogP contribution is 2.41. The zero-order chi connectivity index (χ0) is 28.1. The first-order valence-corrected chi connectivity index (χ1v) is 14.1. The molecule has 1 saturated heterocycles. The van der Waals surface area contributed by atoms with Gasteiger partial charge in [0.1, 0.15) is 24.2 Å². The number of β-lactam (4-membered cyclic amide) rings is 1. The van der Waals surface area contributed by atoms with Crippen LogP contribution in [0.1, 0.15) is 19.2 Å². The summed E-state index contributed by atoms with van der Waals surface area (Å²) in [4.78, 5) is 58.8. The number of thioether (sulfide) groups is 2. The Bertz CT molecular complexity index is 1340. The first-order valence-electron chi connectivity index (χ1n) is 11.3. The van der Waals surface area contributed by atoms with E-state index in [1.807, 2.05) is 0 Å². The third-order valence-corrected chi connectivity index (χ3v) is 8.31. The summed E-state index contributed by atoms with van der Waals surface area (Å²) in [6.45, 7) is 2.36. The van der Waals surface area contributed by atoms with Crippen molar-refractivity contribution in [2.45, 2.75) is 36.5 Å². The van der Waals surface area contributed by atoms with Gasteiger partial charge in [-0.15, -0.1) is 16.9 Å². The minimum absolute atomic E-state index is 0.0559. The van der Waals surface area contributed by atoms with Gasteiger partial charge in [0, 0.05) is 43.1 Å². The summed E-state index contributed by atoms with van der Waals surface area (Å²) < 4.78 is 5.51. The van der Waals surface area contributed by atoms with E-state index in [1.165, 1.54) is 42.5 Å². The van der Waals surface area contributed by atoms with Crippen LogP contribution in [0, 0.1) is 0 Å². The number of aromatic nitrogens is 6. The molecule has 4 heterocycles. The van der Waals surface area contributed by atoms with Gasteiger partial charge in [0.05, 0.1) is 0 Å². The van der Waals surface area contributed by atoms with Gasteiger partial charge in [-0.25, -0.2) is 9.48 Å². The van der Waals surface area contributed by atoms with Crippen molar-refractivity contribution in [3.63, 3.8) is 0 Å². The van der Waals surface area contributed by atoms with Gasteiger partial charge >= 0.3 is 5.97 Å². The smallest absolute Gasteiger partial charge is 0.352 e. The average Bonchev–Trinajstić information content (AvgIpc) is 3.54. The van der Waals surface area contributed by atoms with Gasteiger partial charge in [0.25, 0.3) is 11.8 Å². The lowest BCUT2D eigenvalue weighted by molar-refractivity contribution is -0.150. The van der Waals surface area contributed by atoms with Crippen molar-refractivity contribution in [3.05, 3.63) is 17.1 Å². The van der Waals surface area contributed by atoms with Crippen LogP contribution >= 0.6 is 35.1 Å². The Labute approximate surface area is 233 Å². The third kappa shape index (κ3) is 6.28. The summed E-state index contributed by atoms with van der Waals surface area (Å²) in [5.74, 6) is -2.24. The minimum atomic E-state index is -1.26. The highest BCUT2D eigenvalue weighted by molar-refractivity contribution is 8.01. The number of fused-ring (bicyclic) bond motifs is 1. The van der Waals surface area contributed by atoms with Crippen molar-refractivity contribution < 1.29 is 29.1 Å². The molecule has 0 aliphatic carbocycles. The first kappa shape index (κ1) is 28.2. The summed E-state index contributed by atoms with van der Waals surface area (Å²) in [5.41, 5.74) is 5.70. The lowest BCUT2D eigenvalue weighted by atomic mass is 10.0. The number of nitrogen functional groups attached to an aromatic ring is 1. The van der Waals surface area contributed by atoms with E-state index in [4.69, 9.17) is 10.6 Å². The molecule has 39 heavy (non-hydrogen) atoms. The fraction of sp³-hybridized carbons (Fsp3) is 0.474. The van der Waals surface area contributed by atoms with Crippen LogP contribution in [0.5, 0.6) is 0 Å². The minimum Gasteiger partial charge on any atom is -0.477 e. The van der Waals surface area contributed by atoms with Crippen LogP contribution in [0.2, 0.25) is 0 Å². The summed E-state index contributed by atoms with van der Waals surface area (Å²) in [7, 11) is 1.24. The number of oxime groups is 1. The number of carbonyl (C=O) groups is 4. The van der Waals surface area contributed by atoms with E-state index in [1.54, 1.807) is 4.68 Å². The van der Waals surface area contributed by atoms with E-state index >= 15 is 0 Å². The predicted molar refractivity (Wildman–Crippen MR) is 139 cm³/mol. The Kier molecular flexibility index (Phi) is 8.97. The zero-order valence-electron chi connectivity index (χ0n) is 20.6. The van der Waals surface area contributed by atoms with Gasteiger partial charge in [-0.1, -0.05) is 16.9 Å². The monoisotopic (exact) mass is 597 g/mol. The van der Waals surface area contributed by atoms with Gasteiger partial charge < -0.3 is 26.3 Å². The molecule has 20 heteroatoms. The normalized spacial score (nSPS) is 18.9. The van der Waals surface area contributed by atoms with E-state index in [9.17, 15) is 24.3 Å². The molecule has 3 amide bonds. The highest BCUT2D eigenvalue weighted by atomic mass is 32.2. The standard InChI is InChI=1S/C19H23N11O6S3/c1-8(31)21-4-3-5-29-19(24-27-28-29)38-7-9-6-37-16-11(15(33)30(16)12(9)17(34)35)22-14(32)10(25-36-2)13-23-18(20)39-26-13/h11,16H,3-7H2,1-2H3,(H,21,31)(H,22,32)(H,34,35)(H2,20,23,26)/t11?,16-/m0/s1. The largest absolute Gasteiger partial charge is 0.477 e. The van der Waals surface area contributed by atoms with Gasteiger partial charge in [-0.05, 0) is 22.4 Å². The number of carbonyl (C=O) groups excluding carboxylic acids is 3. The Morgan fingerprint density at radius 1 is 1.36 bits per heavy atom. The molecule has 4 rings (SSSR count). The molecule has 17 nitrogen and oxygen atoms in total. The number of aliphatic carboxylic acids is 1. The fourth-order valence-electron chi connectivity index (χ4n) is 3.70. The van der Waals surface area contributed by atoms with Crippen LogP contribution < -0.4 is 16.4 Å². The molecule has 2 aliphatic heterocycles. The number of amides is 3. The van der Waals surface area contributed by atoms with E-state index < -0.39 is 29.2 Å². The number of tetrazole rings is 1. The maximum atomic E-state index is 13.0. The Morgan fingerprint density at radius 3 is 2.82 bits per heavy atom. The first-order chi connectivity index (χ1) is 18.7. The molecule has 0 saturated carbocycles. The molecule has 0 aromatic carbocycles. The van der Waals surface area contributed by atoms with Crippen molar-refractivity contribution >= 4 is 69.6 Å². The summed E-state index contributed by atoms with van der Waals surface area (Å²) in [5, 5.41) is 30.4. The average molecular weight is 598 g/mol. The van der Waals surface area contributed by atoms with Crippen LogP contribution in [0.3, 0.4) is 0 Å². The quantitative estimate of drug-likeness (QED) is 0.0718. The van der Waals surface area contributed by atoms with Crippen molar-refractivity contribution in [2.75, 3.05) is 30.9 Å². The van der Waals surface area contributed by atoms with Crippen molar-refractivity contribution in [1.82, 2.24) is 45.1 Å². The van der Waals surface area contributed by atoms with Crippen LogP contribution in [0.15, 0.2) is 21.6 Å². The molecule has 208 valence electrons. The van der Waals surface area contributed by atoms with Gasteiger partial charge in [-0.3, -0.25) is 19.3 Å². The molecule has 0 bridgehead atoms. The number of hydrogen-bond acceptors (Lipinski definition) is 15. The molecular weight excluding hydrogens is 574 g/mol. The number of nitrogens with zero attached hydrogens (tertiary/aromatic N) is 8. The number of anilines is 1. The number of rotatable bonds is 12. The van der Waals surface area contributed by atoms with Crippen LogP contribution in [0.4, 0.5) is 5.13 Å². The second-order valence-electron chi connectivity index (χ2n) is 8.01. The van der Waals surface area contributed by atoms with E-state index in [2.05, 4.69) is 40.7 Å². The number of nitrogens with two attached hydrogens (primary N) is 1. The van der Waals surface area contributed by atoms with Crippen LogP contribution in [-0.4, -0.2) is 106 Å². The summed E-state index contributed by atoms with van der Waals surface area (Å²) in [6, 6.07) is -0.986. The topological polar surface area (TPSA) is 233 Å². The van der Waals surface area contributed by atoms with Gasteiger partial charge in [0.15, 0.2) is 5.13 Å². The van der Waals surface area contributed by atoms with Gasteiger partial charge in [0.2, 0.25) is 22.6 Å². The summed E-state index contributed by atoms with van der Waals surface area (Å²) >= 11 is 3.42. The Morgan fingerprint density at radius 2 is 2.15 bits per heavy atom. The molecule has 2 aliphatic rings. The Balaban J connectivity index is 1.42. The number of aryl methyl sites for hydroxylation is 1. The molecule has 2 aromatic heterocycles. The molecule has 5 N–H and O–H groups in total. The van der Waals surface area contributed by atoms with Crippen molar-refractivity contribution in [1.29, 1.82) is 0 Å². The van der Waals surface area contributed by atoms with Crippen LogP contribution in [0.25, 0.3) is 0 Å². The molecule has 0 radical (unpaired) electrons. The molecule has 1 unspecified atom stereocenters. The molecule has 1 fully saturated rings. The maximum absolute atomic E-state index is 13.0. The second kappa shape index (κ2) is 12.4. The fourth-order valence-corrected chi connectivity index (χ4v) is 6.52. The Hall–Kier alpha value is -3.78. The lowest BCUT2D eigenvalue weighted by Crippen LogP contribution is -2.71. The highest BCUT2D eigenvalue weighted by Gasteiger charge is 2.54. The zero-order valence-corrected chi connectivity index (χ0v) is 23.0. The summed E-state index contributed by atoms with van der Waals surface area (Å²) in [6.07, 6.45) is 0.608. The molecule has 2 atom stereocenters. The van der Waals surface area contributed by atoms with Gasteiger partial charge in [-0.2, -0.15) is 9.36 Å². The van der Waals surface area contributed by atoms with E-state index in [0.717, 1.165) is 11.5 Å². The number of carboxylic acid groups (broad SMARTS) is 1. The number of nitrogens with one attached hydrogen (secondary N) is 2. The number of carboxylic acids is 1. The second-order valence-corrected chi connectivity index (χ2v) is 10.8.